The average Bonchev–Trinajstić information content (AvgIpc) is 2.89. The Hall–Kier alpha value is -5.84. The van der Waals surface area contributed by atoms with Crippen molar-refractivity contribution in [2.24, 2.45) is 0 Å². The Kier molecular flexibility index (Phi) is 5.66. The van der Waals surface area contributed by atoms with Crippen LogP contribution in [0.4, 0.5) is 0 Å². The van der Waals surface area contributed by atoms with Crippen molar-refractivity contribution in [1.82, 2.24) is 0 Å². The Balaban J connectivity index is 1.53. The van der Waals surface area contributed by atoms with Gasteiger partial charge in [-0.1, -0.05) is 0 Å². The van der Waals surface area contributed by atoms with Crippen LogP contribution in [-0.2, 0) is 0 Å². The van der Waals surface area contributed by atoms with Crippen LogP contribution >= 0.6 is 0 Å². The number of benzene rings is 4. The van der Waals surface area contributed by atoms with Gasteiger partial charge < -0.3 is 44.9 Å². The molecule has 41 heavy (non-hydrogen) atoms. The second kappa shape index (κ2) is 9.12. The smallest absolute Gasteiger partial charge is 0.197 e. The molecule has 0 aliphatic carbocycles. The van der Waals surface area contributed by atoms with E-state index in [2.05, 4.69) is 0 Å². The number of aromatic hydroxyl groups is 7. The fourth-order valence-electron chi connectivity index (χ4n) is 5.00. The molecule has 0 fully saturated rings. The number of phenolic OH excluding ortho intramolecular Hbond substituents is 7. The summed E-state index contributed by atoms with van der Waals surface area (Å²) >= 11 is 0. The topological polar surface area (TPSA) is 198 Å². The van der Waals surface area contributed by atoms with Gasteiger partial charge in [-0.05, 0) is 42.0 Å². The van der Waals surface area contributed by atoms with Crippen molar-refractivity contribution in [3.63, 3.8) is 0 Å². The van der Waals surface area contributed by atoms with Crippen LogP contribution in [0.25, 0.3) is 33.4 Å². The van der Waals surface area contributed by atoms with Gasteiger partial charge in [-0.15, -0.1) is 0 Å². The lowest BCUT2D eigenvalue weighted by atomic mass is 9.88. The SMILES string of the molecule is O=C1C[C@@H](c2cc(O)c(O)cc2-c2c(O)cc3oc(-c4ccc(O)cc4)cc(=O)c3c2O)Oc2cc(O)cc(O)c21. The first kappa shape index (κ1) is 25.4. The van der Waals surface area contributed by atoms with E-state index in [1.807, 2.05) is 0 Å². The van der Waals surface area contributed by atoms with Crippen LogP contribution in [0.15, 0.2) is 69.9 Å². The van der Waals surface area contributed by atoms with E-state index in [9.17, 15) is 45.3 Å². The number of carbonyl (C=O) groups is 1. The third kappa shape index (κ3) is 4.16. The number of Topliss-reactive ketones (excluding diaryl/α,β-unsaturated/α-hetero) is 1. The number of rotatable bonds is 3. The summed E-state index contributed by atoms with van der Waals surface area (Å²) < 4.78 is 11.7. The molecule has 11 nitrogen and oxygen atoms in total. The number of carbonyl (C=O) groups excluding carboxylic acids is 1. The summed E-state index contributed by atoms with van der Waals surface area (Å²) in [5.41, 5.74) is -0.876. The number of phenols is 7. The molecule has 0 unspecified atom stereocenters. The van der Waals surface area contributed by atoms with Gasteiger partial charge in [-0.2, -0.15) is 0 Å². The van der Waals surface area contributed by atoms with E-state index < -0.39 is 46.1 Å². The molecule has 7 N–H and O–H groups in total. The molecule has 11 heteroatoms. The Labute approximate surface area is 229 Å². The number of hydrogen-bond acceptors (Lipinski definition) is 11. The van der Waals surface area contributed by atoms with Crippen LogP contribution < -0.4 is 10.2 Å². The predicted molar refractivity (Wildman–Crippen MR) is 144 cm³/mol. The third-order valence-electron chi connectivity index (χ3n) is 6.87. The number of hydrogen-bond donors (Lipinski definition) is 7. The molecule has 206 valence electrons. The normalized spacial score (nSPS) is 14.5. The standard InChI is InChI=1S/C30H20O11/c31-13-3-1-12(2-4-13)23-9-22(38)29-26(40-23)11-20(36)27(30(29)39)16-8-18(34)17(33)7-15(16)24-10-21(37)28-19(35)5-14(32)6-25(28)41-24/h1-9,11,24,31-36,39H,10H2/t24-/m0/s1. The van der Waals surface area contributed by atoms with Crippen LogP contribution in [0.5, 0.6) is 46.0 Å². The van der Waals surface area contributed by atoms with E-state index in [4.69, 9.17) is 9.15 Å². The highest BCUT2D eigenvalue weighted by Crippen LogP contribution is 2.50. The van der Waals surface area contributed by atoms with Gasteiger partial charge in [-0.25, -0.2) is 0 Å². The summed E-state index contributed by atoms with van der Waals surface area (Å²) in [6.07, 6.45) is -1.52. The molecule has 0 saturated carbocycles. The maximum Gasteiger partial charge on any atom is 0.197 e. The van der Waals surface area contributed by atoms with E-state index in [1.165, 1.54) is 24.3 Å². The van der Waals surface area contributed by atoms with Crippen LogP contribution in [-0.4, -0.2) is 41.5 Å². The van der Waals surface area contributed by atoms with Crippen molar-refractivity contribution in [2.75, 3.05) is 0 Å². The molecule has 0 amide bonds. The Bertz CT molecular complexity index is 1960. The van der Waals surface area contributed by atoms with Gasteiger partial charge in [0.05, 0.1) is 12.0 Å². The molecule has 0 radical (unpaired) electrons. The van der Waals surface area contributed by atoms with Gasteiger partial charge in [-0.3, -0.25) is 9.59 Å². The van der Waals surface area contributed by atoms with Gasteiger partial charge in [0.2, 0.25) is 0 Å². The Morgan fingerprint density at radius 2 is 1.37 bits per heavy atom. The van der Waals surface area contributed by atoms with Crippen molar-refractivity contribution in [3.8, 4) is 68.4 Å². The molecule has 1 aliphatic rings. The highest BCUT2D eigenvalue weighted by atomic mass is 16.5. The van der Waals surface area contributed by atoms with E-state index in [1.54, 1.807) is 0 Å². The quantitative estimate of drug-likeness (QED) is 0.151. The molecular formula is C30H20O11. The molecule has 0 bridgehead atoms. The monoisotopic (exact) mass is 556 g/mol. The van der Waals surface area contributed by atoms with Crippen molar-refractivity contribution in [2.45, 2.75) is 12.5 Å². The minimum atomic E-state index is -1.17. The number of fused-ring (bicyclic) bond motifs is 2. The summed E-state index contributed by atoms with van der Waals surface area (Å²) in [6, 6.07) is 12.3. The summed E-state index contributed by atoms with van der Waals surface area (Å²) in [5, 5.41) is 72.1. The molecule has 0 spiro atoms. The minimum Gasteiger partial charge on any atom is -0.508 e. The molecule has 2 heterocycles. The Morgan fingerprint density at radius 1 is 0.683 bits per heavy atom. The summed E-state index contributed by atoms with van der Waals surface area (Å²) in [5.74, 6) is -3.93. The zero-order valence-electron chi connectivity index (χ0n) is 20.8. The molecule has 5 aromatic rings. The van der Waals surface area contributed by atoms with E-state index >= 15 is 0 Å². The third-order valence-corrected chi connectivity index (χ3v) is 6.87. The molecule has 1 aliphatic heterocycles. The molecule has 0 saturated heterocycles. The zero-order chi connectivity index (χ0) is 29.2. The molecule has 1 atom stereocenters. The second-order valence-corrected chi connectivity index (χ2v) is 9.51. The first-order valence-corrected chi connectivity index (χ1v) is 12.2. The first-order chi connectivity index (χ1) is 19.5. The zero-order valence-corrected chi connectivity index (χ0v) is 20.8. The largest absolute Gasteiger partial charge is 0.508 e. The summed E-state index contributed by atoms with van der Waals surface area (Å²) in [4.78, 5) is 26.1. The van der Waals surface area contributed by atoms with Crippen molar-refractivity contribution >= 4 is 16.8 Å². The van der Waals surface area contributed by atoms with Gasteiger partial charge in [0.15, 0.2) is 22.7 Å². The minimum absolute atomic E-state index is 0.00510. The highest BCUT2D eigenvalue weighted by Gasteiger charge is 2.34. The lowest BCUT2D eigenvalue weighted by Gasteiger charge is -2.28. The lowest BCUT2D eigenvalue weighted by molar-refractivity contribution is 0.0845. The molecule has 1 aromatic heterocycles. The Morgan fingerprint density at radius 3 is 2.10 bits per heavy atom. The fourth-order valence-corrected chi connectivity index (χ4v) is 5.00. The van der Waals surface area contributed by atoms with Crippen LogP contribution in [0.3, 0.4) is 0 Å². The molecule has 6 rings (SSSR count). The first-order valence-electron chi connectivity index (χ1n) is 12.2. The molecular weight excluding hydrogens is 536 g/mol. The van der Waals surface area contributed by atoms with Crippen LogP contribution in [0.2, 0.25) is 0 Å². The van der Waals surface area contributed by atoms with Crippen molar-refractivity contribution < 1.29 is 49.7 Å². The van der Waals surface area contributed by atoms with Crippen LogP contribution in [0.1, 0.15) is 28.4 Å². The number of ketones is 1. The predicted octanol–water partition coefficient (Wildman–Crippen LogP) is 4.77. The molecule has 4 aromatic carbocycles. The maximum absolute atomic E-state index is 13.2. The van der Waals surface area contributed by atoms with Gasteiger partial charge in [0.1, 0.15) is 62.9 Å². The van der Waals surface area contributed by atoms with E-state index in [-0.39, 0.29) is 62.7 Å². The summed E-state index contributed by atoms with van der Waals surface area (Å²) in [7, 11) is 0. The average molecular weight is 556 g/mol. The van der Waals surface area contributed by atoms with Crippen molar-refractivity contribution in [1.29, 1.82) is 0 Å². The highest BCUT2D eigenvalue weighted by molar-refractivity contribution is 6.03. The lowest BCUT2D eigenvalue weighted by Crippen LogP contribution is -2.21. The maximum atomic E-state index is 13.2. The fraction of sp³-hybridized carbons (Fsp3) is 0.0667. The second-order valence-electron chi connectivity index (χ2n) is 9.51. The number of ether oxygens (including phenoxy) is 1. The van der Waals surface area contributed by atoms with E-state index in [0.29, 0.717) is 5.56 Å². The van der Waals surface area contributed by atoms with Crippen molar-refractivity contribution in [3.05, 3.63) is 82.0 Å². The van der Waals surface area contributed by atoms with Crippen LogP contribution in [0, 0.1) is 0 Å². The van der Waals surface area contributed by atoms with E-state index in [0.717, 1.165) is 36.4 Å². The van der Waals surface area contributed by atoms with Gasteiger partial charge >= 0.3 is 0 Å². The van der Waals surface area contributed by atoms with Gasteiger partial charge in [0.25, 0.3) is 0 Å². The van der Waals surface area contributed by atoms with Gasteiger partial charge in [0, 0.05) is 35.4 Å². The summed E-state index contributed by atoms with van der Waals surface area (Å²) in [6.45, 7) is 0.